The summed E-state index contributed by atoms with van der Waals surface area (Å²) in [5, 5.41) is 0. The molecule has 0 saturated carbocycles. The van der Waals surface area contributed by atoms with Crippen LogP contribution in [0.3, 0.4) is 0 Å². The molecule has 0 aliphatic rings. The lowest BCUT2D eigenvalue weighted by atomic mass is 10.5. The summed E-state index contributed by atoms with van der Waals surface area (Å²) in [5.74, 6) is 0. The van der Waals surface area contributed by atoms with E-state index in [9.17, 15) is 0 Å². The van der Waals surface area contributed by atoms with Gasteiger partial charge in [0.1, 0.15) is 0 Å². The summed E-state index contributed by atoms with van der Waals surface area (Å²) in [6, 6.07) is 0. The van der Waals surface area contributed by atoms with E-state index >= 15 is 0 Å². The molecule has 0 rings (SSSR count). The monoisotopic (exact) mass is 484 g/mol. The Labute approximate surface area is 196 Å². The van der Waals surface area contributed by atoms with Crippen molar-refractivity contribution in [2.24, 2.45) is 0 Å². The van der Waals surface area contributed by atoms with Gasteiger partial charge in [0.2, 0.25) is 0 Å². The van der Waals surface area contributed by atoms with Gasteiger partial charge >= 0.3 is 0 Å². The number of hydrogen-bond donors (Lipinski definition) is 0. The van der Waals surface area contributed by atoms with E-state index in [4.69, 9.17) is 42.3 Å². The van der Waals surface area contributed by atoms with Gasteiger partial charge in [-0.25, -0.2) is 0 Å². The van der Waals surface area contributed by atoms with Crippen LogP contribution in [-0.4, -0.2) is 120 Å². The smallest absolute Gasteiger partial charge is 0.183 e. The first-order chi connectivity index (χ1) is 15.4. The zero-order valence-corrected chi connectivity index (χ0v) is 22.1. The second-order valence-corrected chi connectivity index (χ2v) is 12.7. The molecule has 0 fully saturated rings. The van der Waals surface area contributed by atoms with Crippen molar-refractivity contribution < 1.29 is 42.3 Å². The van der Waals surface area contributed by atoms with Crippen LogP contribution in [0, 0.1) is 0 Å². The van der Waals surface area contributed by atoms with Crippen LogP contribution < -0.4 is 0 Å². The lowest BCUT2D eigenvalue weighted by molar-refractivity contribution is -0.0259. The van der Waals surface area contributed by atoms with Crippen LogP contribution in [0.25, 0.3) is 0 Å². The van der Waals surface area contributed by atoms with Gasteiger partial charge in [-0.2, -0.15) is 0 Å². The van der Waals surface area contributed by atoms with Crippen molar-refractivity contribution in [3.63, 3.8) is 0 Å². The first-order valence-electron chi connectivity index (χ1n) is 11.7. The number of ether oxygens (including phenoxy) is 8. The highest BCUT2D eigenvalue weighted by Gasteiger charge is 2.12. The van der Waals surface area contributed by atoms with E-state index in [0.29, 0.717) is 106 Å². The van der Waals surface area contributed by atoms with Gasteiger partial charge in [-0.3, -0.25) is 0 Å². The molecule has 0 radical (unpaired) electrons. The van der Waals surface area contributed by atoms with Crippen molar-refractivity contribution in [1.29, 1.82) is 0 Å². The fourth-order valence-electron chi connectivity index (χ4n) is 2.17. The molecule has 32 heavy (non-hydrogen) atoms. The second kappa shape index (κ2) is 24.0. The fourth-order valence-corrected chi connectivity index (χ4v) is 2.87. The van der Waals surface area contributed by atoms with Gasteiger partial charge in [0, 0.05) is 0 Å². The normalized spacial score (nSPS) is 12.2. The number of hydrogen-bond acceptors (Lipinski definition) is 9. The molecule has 9 nitrogen and oxygen atoms in total. The molecule has 0 aromatic carbocycles. The van der Waals surface area contributed by atoms with Crippen LogP contribution in [0.5, 0.6) is 0 Å². The van der Waals surface area contributed by atoms with Crippen molar-refractivity contribution in [2.45, 2.75) is 39.6 Å². The van der Waals surface area contributed by atoms with Crippen molar-refractivity contribution in [2.75, 3.05) is 106 Å². The molecule has 0 heterocycles. The minimum absolute atomic E-state index is 0.240. The van der Waals surface area contributed by atoms with E-state index in [1.165, 1.54) is 0 Å². The summed E-state index contributed by atoms with van der Waals surface area (Å²) in [7, 11) is -1.43. The molecule has 0 amide bonds. The molecule has 0 spiro atoms. The predicted molar refractivity (Wildman–Crippen MR) is 126 cm³/mol. The topological polar surface area (TPSA) is 83.1 Å². The van der Waals surface area contributed by atoms with Gasteiger partial charge in [0.25, 0.3) is 0 Å². The average Bonchev–Trinajstić information content (AvgIpc) is 2.72. The van der Waals surface area contributed by atoms with E-state index in [-0.39, 0.29) is 6.10 Å². The van der Waals surface area contributed by atoms with Crippen molar-refractivity contribution >= 4 is 8.32 Å². The Kier molecular flexibility index (Phi) is 23.9. The third kappa shape index (κ3) is 29.9. The highest BCUT2D eigenvalue weighted by Crippen LogP contribution is 2.01. The average molecular weight is 485 g/mol. The quantitative estimate of drug-likeness (QED) is 0.136. The molecule has 0 atom stereocenters. The Bertz CT molecular complexity index is 368. The first kappa shape index (κ1) is 31.9. The molecule has 0 N–H and O–H groups in total. The molecule has 0 aliphatic heterocycles. The van der Waals surface area contributed by atoms with Gasteiger partial charge < -0.3 is 42.3 Å². The van der Waals surface area contributed by atoms with Gasteiger partial charge in [-0.1, -0.05) is 0 Å². The van der Waals surface area contributed by atoms with Crippen LogP contribution >= 0.6 is 0 Å². The second-order valence-electron chi connectivity index (χ2n) is 8.17. The lowest BCUT2D eigenvalue weighted by Gasteiger charge is -2.16. The third-order valence-corrected chi connectivity index (χ3v) is 4.74. The first-order valence-corrected chi connectivity index (χ1v) is 15.1. The van der Waals surface area contributed by atoms with Crippen LogP contribution in [-0.2, 0) is 42.3 Å². The predicted octanol–water partition coefficient (Wildman–Crippen LogP) is 2.38. The molecule has 0 aromatic rings. The maximum atomic E-state index is 5.70. The molecular weight excluding hydrogens is 436 g/mol. The summed E-state index contributed by atoms with van der Waals surface area (Å²) in [6.07, 6.45) is 0.240. The number of rotatable bonds is 26. The van der Waals surface area contributed by atoms with Crippen molar-refractivity contribution in [3.05, 3.63) is 0 Å². The summed E-state index contributed by atoms with van der Waals surface area (Å²) >= 11 is 0. The molecule has 0 aromatic heterocycles. The highest BCUT2D eigenvalue weighted by molar-refractivity contribution is 6.69. The Morgan fingerprint density at radius 3 is 0.906 bits per heavy atom. The van der Waals surface area contributed by atoms with Gasteiger partial charge in [-0.15, -0.1) is 0 Å². The minimum atomic E-state index is -1.43. The van der Waals surface area contributed by atoms with Gasteiger partial charge in [0.05, 0.1) is 112 Å². The molecule has 0 aliphatic carbocycles. The van der Waals surface area contributed by atoms with Crippen molar-refractivity contribution in [3.8, 4) is 0 Å². The van der Waals surface area contributed by atoms with E-state index < -0.39 is 8.32 Å². The molecule has 10 heteroatoms. The summed E-state index contributed by atoms with van der Waals surface area (Å²) in [5.41, 5.74) is 0. The van der Waals surface area contributed by atoms with Crippen LogP contribution in [0.4, 0.5) is 0 Å². The Morgan fingerprint density at radius 2 is 0.656 bits per heavy atom. The maximum absolute atomic E-state index is 5.70. The van der Waals surface area contributed by atoms with Gasteiger partial charge in [-0.05, 0) is 33.5 Å². The van der Waals surface area contributed by atoms with E-state index in [1.807, 2.05) is 13.8 Å². The van der Waals surface area contributed by atoms with Gasteiger partial charge in [0.15, 0.2) is 8.32 Å². The molecule has 194 valence electrons. The van der Waals surface area contributed by atoms with E-state index in [2.05, 4.69) is 19.6 Å². The van der Waals surface area contributed by atoms with Crippen LogP contribution in [0.1, 0.15) is 13.8 Å². The van der Waals surface area contributed by atoms with Crippen LogP contribution in [0.2, 0.25) is 19.6 Å². The standard InChI is InChI=1S/C22H48O9Si/c1-22(2)30-20-18-28-16-14-26-12-10-24-8-6-23-7-9-25-11-13-27-15-17-29-19-21-31-32(3,4)5/h22H,6-21H2,1-5H3. The fraction of sp³-hybridized carbons (Fsp3) is 1.00. The van der Waals surface area contributed by atoms with E-state index in [0.717, 1.165) is 0 Å². The Balaban J connectivity index is 3.04. The maximum Gasteiger partial charge on any atom is 0.183 e. The summed E-state index contributed by atoms with van der Waals surface area (Å²) in [6.45, 7) is 19.6. The summed E-state index contributed by atoms with van der Waals surface area (Å²) < 4.78 is 49.1. The SMILES string of the molecule is CC(C)OCCOCCOCCOCCOCCOCCOCCOCCO[Si](C)(C)C. The zero-order chi connectivity index (χ0) is 23.8. The minimum Gasteiger partial charge on any atom is -0.415 e. The highest BCUT2D eigenvalue weighted by atomic mass is 28.4. The molecule has 0 saturated heterocycles. The zero-order valence-electron chi connectivity index (χ0n) is 21.1. The molecule has 0 bridgehead atoms. The largest absolute Gasteiger partial charge is 0.415 e. The third-order valence-electron chi connectivity index (χ3n) is 3.67. The Hall–Kier alpha value is -0.143. The lowest BCUT2D eigenvalue weighted by Crippen LogP contribution is -2.27. The molecule has 0 unspecified atom stereocenters. The van der Waals surface area contributed by atoms with E-state index in [1.54, 1.807) is 0 Å². The van der Waals surface area contributed by atoms with Crippen molar-refractivity contribution in [1.82, 2.24) is 0 Å². The summed E-state index contributed by atoms with van der Waals surface area (Å²) in [4.78, 5) is 0. The Morgan fingerprint density at radius 1 is 0.406 bits per heavy atom. The van der Waals surface area contributed by atoms with Crippen LogP contribution in [0.15, 0.2) is 0 Å². The molecular formula is C22H48O9Si.